The molecule has 0 aliphatic rings. The quantitative estimate of drug-likeness (QED) is 0.550. The van der Waals surface area contributed by atoms with E-state index in [2.05, 4.69) is 69.4 Å². The SMILES string of the molecule is Brc1ccc(CSc2cccc3cccnc23)cc1.Cl. The van der Waals surface area contributed by atoms with Crippen molar-refractivity contribution in [3.8, 4) is 0 Å². The van der Waals surface area contributed by atoms with Gasteiger partial charge in [-0.2, -0.15) is 0 Å². The van der Waals surface area contributed by atoms with E-state index in [1.807, 2.05) is 24.0 Å². The van der Waals surface area contributed by atoms with Gasteiger partial charge in [0, 0.05) is 26.7 Å². The van der Waals surface area contributed by atoms with E-state index in [1.165, 1.54) is 15.8 Å². The van der Waals surface area contributed by atoms with Crippen molar-refractivity contribution >= 4 is 51.0 Å². The highest BCUT2D eigenvalue weighted by Crippen LogP contribution is 2.29. The Labute approximate surface area is 137 Å². The Hall–Kier alpha value is -1.03. The van der Waals surface area contributed by atoms with Crippen LogP contribution in [0.3, 0.4) is 0 Å². The second-order valence-electron chi connectivity index (χ2n) is 4.25. The molecule has 3 aromatic rings. The molecule has 20 heavy (non-hydrogen) atoms. The van der Waals surface area contributed by atoms with E-state index in [1.54, 1.807) is 0 Å². The first kappa shape index (κ1) is 15.4. The van der Waals surface area contributed by atoms with Crippen LogP contribution >= 0.6 is 40.1 Å². The van der Waals surface area contributed by atoms with E-state index in [0.29, 0.717) is 0 Å². The lowest BCUT2D eigenvalue weighted by Gasteiger charge is -2.05. The van der Waals surface area contributed by atoms with Gasteiger partial charge in [-0.3, -0.25) is 4.98 Å². The Morgan fingerprint density at radius 3 is 2.50 bits per heavy atom. The van der Waals surface area contributed by atoms with E-state index < -0.39 is 0 Å². The molecule has 0 aliphatic carbocycles. The number of aromatic nitrogens is 1. The van der Waals surface area contributed by atoms with Crippen molar-refractivity contribution in [2.24, 2.45) is 0 Å². The number of hydrogen-bond donors (Lipinski definition) is 0. The summed E-state index contributed by atoms with van der Waals surface area (Å²) in [6, 6.07) is 18.9. The topological polar surface area (TPSA) is 12.9 Å². The lowest BCUT2D eigenvalue weighted by Crippen LogP contribution is -1.84. The summed E-state index contributed by atoms with van der Waals surface area (Å²) < 4.78 is 1.12. The van der Waals surface area contributed by atoms with Gasteiger partial charge in [0.25, 0.3) is 0 Å². The minimum absolute atomic E-state index is 0. The molecule has 4 heteroatoms. The molecule has 0 atom stereocenters. The molecule has 1 nitrogen and oxygen atoms in total. The molecule has 1 heterocycles. The number of thioether (sulfide) groups is 1. The lowest BCUT2D eigenvalue weighted by molar-refractivity contribution is 1.33. The van der Waals surface area contributed by atoms with Crippen molar-refractivity contribution in [3.63, 3.8) is 0 Å². The van der Waals surface area contributed by atoms with Crippen LogP contribution in [-0.4, -0.2) is 4.98 Å². The van der Waals surface area contributed by atoms with Gasteiger partial charge in [0.2, 0.25) is 0 Å². The van der Waals surface area contributed by atoms with Crippen molar-refractivity contribution in [1.29, 1.82) is 0 Å². The van der Waals surface area contributed by atoms with E-state index in [9.17, 15) is 0 Å². The van der Waals surface area contributed by atoms with Gasteiger partial charge < -0.3 is 0 Å². The Kier molecular flexibility index (Phi) is 5.46. The average molecular weight is 367 g/mol. The highest BCUT2D eigenvalue weighted by molar-refractivity contribution is 9.10. The first-order chi connectivity index (χ1) is 9.33. The third-order valence-corrected chi connectivity index (χ3v) is 4.55. The average Bonchev–Trinajstić information content (AvgIpc) is 2.47. The van der Waals surface area contributed by atoms with Crippen LogP contribution in [0.2, 0.25) is 0 Å². The minimum Gasteiger partial charge on any atom is -0.255 e. The van der Waals surface area contributed by atoms with Gasteiger partial charge in [-0.25, -0.2) is 0 Å². The molecule has 0 saturated heterocycles. The number of nitrogens with zero attached hydrogens (tertiary/aromatic N) is 1. The number of fused-ring (bicyclic) bond motifs is 1. The largest absolute Gasteiger partial charge is 0.255 e. The monoisotopic (exact) mass is 365 g/mol. The van der Waals surface area contributed by atoms with Crippen molar-refractivity contribution in [2.45, 2.75) is 10.6 Å². The summed E-state index contributed by atoms with van der Waals surface area (Å²) in [4.78, 5) is 5.72. The summed E-state index contributed by atoms with van der Waals surface area (Å²) in [5.74, 6) is 0.961. The van der Waals surface area contributed by atoms with Crippen LogP contribution in [0.25, 0.3) is 10.9 Å². The molecule has 0 saturated carbocycles. The molecule has 0 bridgehead atoms. The van der Waals surface area contributed by atoms with E-state index in [0.717, 1.165) is 15.7 Å². The van der Waals surface area contributed by atoms with Gasteiger partial charge in [0.1, 0.15) is 0 Å². The van der Waals surface area contributed by atoms with Gasteiger partial charge in [0.05, 0.1) is 5.52 Å². The first-order valence-electron chi connectivity index (χ1n) is 6.04. The fourth-order valence-electron chi connectivity index (χ4n) is 1.93. The third kappa shape index (κ3) is 3.54. The van der Waals surface area contributed by atoms with Crippen LogP contribution in [0.4, 0.5) is 0 Å². The van der Waals surface area contributed by atoms with Crippen LogP contribution in [0.5, 0.6) is 0 Å². The molecule has 3 rings (SSSR count). The second kappa shape index (κ2) is 7.11. The zero-order valence-corrected chi connectivity index (χ0v) is 13.8. The molecule has 0 unspecified atom stereocenters. The maximum atomic E-state index is 4.48. The zero-order chi connectivity index (χ0) is 13.1. The van der Waals surface area contributed by atoms with E-state index in [-0.39, 0.29) is 12.4 Å². The summed E-state index contributed by atoms with van der Waals surface area (Å²) in [5, 5.41) is 1.20. The highest BCUT2D eigenvalue weighted by Gasteiger charge is 2.02. The number of hydrogen-bond acceptors (Lipinski definition) is 2. The molecule has 1 aromatic heterocycles. The minimum atomic E-state index is 0. The van der Waals surface area contributed by atoms with Gasteiger partial charge in [-0.15, -0.1) is 24.2 Å². The standard InChI is InChI=1S/C16H12BrNS.ClH/c17-14-8-6-12(7-9-14)11-19-15-5-1-3-13-4-2-10-18-16(13)15;/h1-10H,11H2;1H. The first-order valence-corrected chi connectivity index (χ1v) is 7.82. The zero-order valence-electron chi connectivity index (χ0n) is 10.6. The van der Waals surface area contributed by atoms with E-state index in [4.69, 9.17) is 0 Å². The van der Waals surface area contributed by atoms with Crippen molar-refractivity contribution in [2.75, 3.05) is 0 Å². The molecule has 0 fully saturated rings. The molecule has 2 aromatic carbocycles. The second-order valence-corrected chi connectivity index (χ2v) is 6.18. The maximum absolute atomic E-state index is 4.48. The third-order valence-electron chi connectivity index (χ3n) is 2.90. The molecular weight excluding hydrogens is 354 g/mol. The van der Waals surface area contributed by atoms with Gasteiger partial charge in [-0.1, -0.05) is 46.3 Å². The summed E-state index contributed by atoms with van der Waals surface area (Å²) >= 11 is 5.29. The number of para-hydroxylation sites is 1. The summed E-state index contributed by atoms with van der Waals surface area (Å²) in [6.45, 7) is 0. The van der Waals surface area contributed by atoms with Gasteiger partial charge in [-0.05, 0) is 29.8 Å². The Balaban J connectivity index is 0.00000147. The van der Waals surface area contributed by atoms with Gasteiger partial charge >= 0.3 is 0 Å². The maximum Gasteiger partial charge on any atom is 0.0837 e. The highest BCUT2D eigenvalue weighted by atomic mass is 79.9. The van der Waals surface area contributed by atoms with Crippen LogP contribution < -0.4 is 0 Å². The fourth-order valence-corrected chi connectivity index (χ4v) is 3.20. The fraction of sp³-hybridized carbons (Fsp3) is 0.0625. The Morgan fingerprint density at radius 1 is 0.950 bits per heavy atom. The molecule has 102 valence electrons. The van der Waals surface area contributed by atoms with Gasteiger partial charge in [0.15, 0.2) is 0 Å². The van der Waals surface area contributed by atoms with Crippen LogP contribution in [0, 0.1) is 0 Å². The summed E-state index contributed by atoms with van der Waals surface area (Å²) in [7, 11) is 0. The number of halogens is 2. The van der Waals surface area contributed by atoms with Crippen molar-refractivity contribution in [3.05, 3.63) is 70.8 Å². The van der Waals surface area contributed by atoms with E-state index >= 15 is 0 Å². The van der Waals surface area contributed by atoms with Crippen LogP contribution in [0.15, 0.2) is 70.2 Å². The molecule has 0 N–H and O–H groups in total. The molecule has 0 aliphatic heterocycles. The smallest absolute Gasteiger partial charge is 0.0837 e. The number of pyridine rings is 1. The van der Waals surface area contributed by atoms with Crippen LogP contribution in [0.1, 0.15) is 5.56 Å². The Morgan fingerprint density at radius 2 is 1.70 bits per heavy atom. The predicted octanol–water partition coefficient (Wildman–Crippen LogP) is 5.71. The molecule has 0 amide bonds. The molecule has 0 radical (unpaired) electrons. The summed E-state index contributed by atoms with van der Waals surface area (Å²) in [5.41, 5.74) is 2.41. The predicted molar refractivity (Wildman–Crippen MR) is 92.7 cm³/mol. The number of benzene rings is 2. The van der Waals surface area contributed by atoms with Crippen molar-refractivity contribution < 1.29 is 0 Å². The Bertz CT molecular complexity index is 695. The molecular formula is C16H13BrClNS. The molecule has 0 spiro atoms. The van der Waals surface area contributed by atoms with Crippen LogP contribution in [-0.2, 0) is 5.75 Å². The normalized spacial score (nSPS) is 10.2. The lowest BCUT2D eigenvalue weighted by atomic mass is 10.2. The van der Waals surface area contributed by atoms with Crippen molar-refractivity contribution in [1.82, 2.24) is 4.98 Å². The summed E-state index contributed by atoms with van der Waals surface area (Å²) in [6.07, 6.45) is 1.85. The number of rotatable bonds is 3.